The molecule has 0 spiro atoms. The highest BCUT2D eigenvalue weighted by atomic mass is 35.5. The minimum atomic E-state index is -0.565. The number of nitrogens with two attached hydrogens (primary N) is 1. The molecule has 0 radical (unpaired) electrons. The first-order valence-corrected chi connectivity index (χ1v) is 5.81. The fourth-order valence-corrected chi connectivity index (χ4v) is 1.82. The van der Waals surface area contributed by atoms with Crippen LogP contribution < -0.4 is 10.6 Å². The lowest BCUT2D eigenvalue weighted by atomic mass is 10.2. The molecule has 1 aromatic heterocycles. The molecule has 0 saturated carbocycles. The predicted octanol–water partition coefficient (Wildman–Crippen LogP) is 2.73. The summed E-state index contributed by atoms with van der Waals surface area (Å²) in [7, 11) is 1.57. The lowest BCUT2D eigenvalue weighted by Gasteiger charge is -2.19. The van der Waals surface area contributed by atoms with Crippen molar-refractivity contribution in [1.29, 1.82) is 0 Å². The maximum Gasteiger partial charge on any atom is 0.258 e. The van der Waals surface area contributed by atoms with Crippen molar-refractivity contribution in [2.75, 3.05) is 17.7 Å². The quantitative estimate of drug-likeness (QED) is 0.919. The Morgan fingerprint density at radius 3 is 2.79 bits per heavy atom. The van der Waals surface area contributed by atoms with Gasteiger partial charge in [-0.3, -0.25) is 9.78 Å². The van der Waals surface area contributed by atoms with Crippen molar-refractivity contribution < 1.29 is 9.18 Å². The van der Waals surface area contributed by atoms with E-state index < -0.39 is 5.82 Å². The summed E-state index contributed by atoms with van der Waals surface area (Å²) in [5.74, 6) is -0.899. The smallest absolute Gasteiger partial charge is 0.258 e. The molecule has 0 aliphatic rings. The van der Waals surface area contributed by atoms with Crippen LogP contribution >= 0.6 is 11.6 Å². The number of aromatic nitrogens is 1. The molecule has 1 aromatic carbocycles. The van der Waals surface area contributed by atoms with Crippen molar-refractivity contribution in [3.05, 3.63) is 53.1 Å². The van der Waals surface area contributed by atoms with Crippen LogP contribution in [0.3, 0.4) is 0 Å². The standard InChI is InChI=1S/C13H11ClFN3O/c1-18(12-4-5-17-7-11(12)16)13(19)8-2-3-10(15)9(14)6-8/h2-7H,16H2,1H3. The molecule has 6 heteroatoms. The van der Waals surface area contributed by atoms with Gasteiger partial charge in [0.1, 0.15) is 5.82 Å². The number of anilines is 2. The first-order valence-electron chi connectivity index (χ1n) is 5.43. The molecule has 2 rings (SSSR count). The van der Waals surface area contributed by atoms with Gasteiger partial charge in [0, 0.05) is 18.8 Å². The highest BCUT2D eigenvalue weighted by Crippen LogP contribution is 2.23. The second kappa shape index (κ2) is 5.24. The Kier molecular flexibility index (Phi) is 3.66. The summed E-state index contributed by atoms with van der Waals surface area (Å²) in [5, 5.41) is -0.0954. The molecule has 1 heterocycles. The van der Waals surface area contributed by atoms with E-state index in [4.69, 9.17) is 17.3 Å². The number of benzene rings is 1. The SMILES string of the molecule is CN(C(=O)c1ccc(F)c(Cl)c1)c1ccncc1N. The number of nitrogens with zero attached hydrogens (tertiary/aromatic N) is 2. The third-order valence-corrected chi connectivity index (χ3v) is 2.95. The maximum absolute atomic E-state index is 13.1. The van der Waals surface area contributed by atoms with E-state index in [-0.39, 0.29) is 16.5 Å². The Morgan fingerprint density at radius 2 is 2.16 bits per heavy atom. The molecule has 2 aromatic rings. The number of halogens is 2. The fourth-order valence-electron chi connectivity index (χ4n) is 1.64. The molecule has 0 aliphatic carbocycles. The number of nitrogen functional groups attached to an aromatic ring is 1. The second-order valence-corrected chi connectivity index (χ2v) is 4.33. The third-order valence-electron chi connectivity index (χ3n) is 2.66. The zero-order chi connectivity index (χ0) is 14.0. The fraction of sp³-hybridized carbons (Fsp3) is 0.0769. The Bertz CT molecular complexity index is 633. The molecule has 0 bridgehead atoms. The Balaban J connectivity index is 2.34. The molecule has 0 unspecified atom stereocenters. The van der Waals surface area contributed by atoms with Gasteiger partial charge < -0.3 is 10.6 Å². The van der Waals surface area contributed by atoms with Crippen molar-refractivity contribution in [2.45, 2.75) is 0 Å². The van der Waals surface area contributed by atoms with Gasteiger partial charge in [0.2, 0.25) is 0 Å². The predicted molar refractivity (Wildman–Crippen MR) is 72.8 cm³/mol. The van der Waals surface area contributed by atoms with Crippen LogP contribution in [0.25, 0.3) is 0 Å². The van der Waals surface area contributed by atoms with Gasteiger partial charge >= 0.3 is 0 Å². The van der Waals surface area contributed by atoms with Crippen LogP contribution in [-0.2, 0) is 0 Å². The first-order chi connectivity index (χ1) is 9.00. The molecule has 19 heavy (non-hydrogen) atoms. The molecule has 4 nitrogen and oxygen atoms in total. The van der Waals surface area contributed by atoms with E-state index in [0.29, 0.717) is 11.4 Å². The van der Waals surface area contributed by atoms with E-state index in [1.54, 1.807) is 13.1 Å². The molecule has 0 atom stereocenters. The van der Waals surface area contributed by atoms with Gasteiger partial charge in [-0.1, -0.05) is 11.6 Å². The van der Waals surface area contributed by atoms with Crippen LogP contribution in [0.2, 0.25) is 5.02 Å². The van der Waals surface area contributed by atoms with Gasteiger partial charge in [-0.15, -0.1) is 0 Å². The molecule has 1 amide bonds. The first kappa shape index (κ1) is 13.3. The minimum absolute atomic E-state index is 0.0954. The maximum atomic E-state index is 13.1. The van der Waals surface area contributed by atoms with Crippen LogP contribution in [0.15, 0.2) is 36.7 Å². The van der Waals surface area contributed by atoms with Crippen LogP contribution in [0.4, 0.5) is 15.8 Å². The highest BCUT2D eigenvalue weighted by Gasteiger charge is 2.16. The summed E-state index contributed by atoms with van der Waals surface area (Å²) in [6, 6.07) is 5.43. The molecule has 2 N–H and O–H groups in total. The summed E-state index contributed by atoms with van der Waals surface area (Å²) in [4.78, 5) is 17.4. The lowest BCUT2D eigenvalue weighted by molar-refractivity contribution is 0.0993. The zero-order valence-electron chi connectivity index (χ0n) is 10.1. The Hall–Kier alpha value is -2.14. The van der Waals surface area contributed by atoms with Crippen molar-refractivity contribution in [1.82, 2.24) is 4.98 Å². The van der Waals surface area contributed by atoms with E-state index in [1.807, 2.05) is 0 Å². The molecule has 98 valence electrons. The molecular weight excluding hydrogens is 269 g/mol. The van der Waals surface area contributed by atoms with E-state index in [2.05, 4.69) is 4.98 Å². The number of hydrogen-bond acceptors (Lipinski definition) is 3. The van der Waals surface area contributed by atoms with Crippen molar-refractivity contribution >= 4 is 28.9 Å². The lowest BCUT2D eigenvalue weighted by Crippen LogP contribution is -2.27. The van der Waals surface area contributed by atoms with Gasteiger partial charge in [-0.2, -0.15) is 0 Å². The number of pyridine rings is 1. The summed E-state index contributed by atoms with van der Waals surface area (Å²) >= 11 is 5.66. The largest absolute Gasteiger partial charge is 0.396 e. The van der Waals surface area contributed by atoms with Crippen LogP contribution in [0.1, 0.15) is 10.4 Å². The Labute approximate surface area is 114 Å². The van der Waals surface area contributed by atoms with Crippen molar-refractivity contribution in [3.63, 3.8) is 0 Å². The van der Waals surface area contributed by atoms with Crippen LogP contribution in [-0.4, -0.2) is 17.9 Å². The molecule has 0 aliphatic heterocycles. The molecule has 0 fully saturated rings. The van der Waals surface area contributed by atoms with E-state index in [9.17, 15) is 9.18 Å². The number of hydrogen-bond donors (Lipinski definition) is 1. The number of amides is 1. The van der Waals surface area contributed by atoms with Crippen molar-refractivity contribution in [2.24, 2.45) is 0 Å². The van der Waals surface area contributed by atoms with Crippen LogP contribution in [0, 0.1) is 5.82 Å². The van der Waals surface area contributed by atoms with Gasteiger partial charge in [0.25, 0.3) is 5.91 Å². The zero-order valence-corrected chi connectivity index (χ0v) is 10.9. The van der Waals surface area contributed by atoms with Crippen molar-refractivity contribution in [3.8, 4) is 0 Å². The second-order valence-electron chi connectivity index (χ2n) is 3.93. The summed E-state index contributed by atoms with van der Waals surface area (Å²) < 4.78 is 13.1. The topological polar surface area (TPSA) is 59.2 Å². The average molecular weight is 280 g/mol. The van der Waals surface area contributed by atoms with Gasteiger partial charge in [-0.25, -0.2) is 4.39 Å². The summed E-state index contributed by atoms with van der Waals surface area (Å²) in [5.41, 5.74) is 6.94. The van der Waals surface area contributed by atoms with Gasteiger partial charge in [0.15, 0.2) is 0 Å². The van der Waals surface area contributed by atoms with E-state index >= 15 is 0 Å². The van der Waals surface area contributed by atoms with E-state index in [0.717, 1.165) is 6.07 Å². The highest BCUT2D eigenvalue weighted by molar-refractivity contribution is 6.31. The summed E-state index contributed by atoms with van der Waals surface area (Å²) in [6.45, 7) is 0. The number of rotatable bonds is 2. The minimum Gasteiger partial charge on any atom is -0.396 e. The summed E-state index contributed by atoms with van der Waals surface area (Å²) in [6.07, 6.45) is 2.99. The Morgan fingerprint density at radius 1 is 1.42 bits per heavy atom. The molecule has 0 saturated heterocycles. The number of carbonyl (C=O) groups is 1. The van der Waals surface area contributed by atoms with E-state index in [1.165, 1.54) is 29.4 Å². The van der Waals surface area contributed by atoms with Crippen LogP contribution in [0.5, 0.6) is 0 Å². The van der Waals surface area contributed by atoms with Gasteiger partial charge in [0.05, 0.1) is 22.6 Å². The van der Waals surface area contributed by atoms with Gasteiger partial charge in [-0.05, 0) is 24.3 Å². The monoisotopic (exact) mass is 279 g/mol. The third kappa shape index (κ3) is 2.66. The normalized spacial score (nSPS) is 10.3. The number of carbonyl (C=O) groups excluding carboxylic acids is 1. The average Bonchev–Trinajstić information content (AvgIpc) is 2.41. The molecular formula is C13H11ClFN3O.